The van der Waals surface area contributed by atoms with Gasteiger partial charge >= 0.3 is 6.03 Å². The molecule has 0 N–H and O–H groups in total. The molecular weight excluding hydrogens is 376 g/mol. The van der Waals surface area contributed by atoms with Gasteiger partial charge in [-0.25, -0.2) is 4.79 Å². The molecule has 2 saturated heterocycles. The summed E-state index contributed by atoms with van der Waals surface area (Å²) in [5.41, 5.74) is 0.806. The van der Waals surface area contributed by atoms with Gasteiger partial charge in [0.05, 0.1) is 4.92 Å². The van der Waals surface area contributed by atoms with Gasteiger partial charge in [0, 0.05) is 50.1 Å². The summed E-state index contributed by atoms with van der Waals surface area (Å²) in [5.74, 6) is -0.873. The average Bonchev–Trinajstić information content (AvgIpc) is 2.68. The molecule has 0 aromatic heterocycles. The summed E-state index contributed by atoms with van der Waals surface area (Å²) in [5, 5.41) is 11.3. The molecule has 9 nitrogen and oxygen atoms in total. The van der Waals surface area contributed by atoms with Crippen LogP contribution in [0.15, 0.2) is 23.8 Å². The predicted octanol–water partition coefficient (Wildman–Crippen LogP) is 2.65. The number of piperidine rings is 1. The molecule has 0 bridgehead atoms. The van der Waals surface area contributed by atoms with Crippen LogP contribution < -0.4 is 4.90 Å². The number of nitro benzene ring substituents is 1. The van der Waals surface area contributed by atoms with E-state index in [2.05, 4.69) is 18.7 Å². The average molecular weight is 400 g/mol. The SMILES string of the molecule is CC1CCN(c2ccc([N+](=O)[O-])cc2C=C2C(=O)N(C)C(=O)N(C)C2=O)C(C)C1. The number of imide groups is 2. The molecule has 1 aromatic rings. The Morgan fingerprint density at radius 1 is 1.10 bits per heavy atom. The maximum absolute atomic E-state index is 12.6. The van der Waals surface area contributed by atoms with Crippen LogP contribution in [0.3, 0.4) is 0 Å². The quantitative estimate of drug-likeness (QED) is 0.334. The summed E-state index contributed by atoms with van der Waals surface area (Å²) in [6.45, 7) is 5.05. The van der Waals surface area contributed by atoms with Gasteiger partial charge in [-0.05, 0) is 37.8 Å². The van der Waals surface area contributed by atoms with Crippen LogP contribution in [0.4, 0.5) is 16.2 Å². The van der Waals surface area contributed by atoms with Gasteiger partial charge < -0.3 is 4.90 Å². The number of hydrogen-bond acceptors (Lipinski definition) is 6. The van der Waals surface area contributed by atoms with E-state index in [4.69, 9.17) is 0 Å². The van der Waals surface area contributed by atoms with Crippen molar-refractivity contribution in [3.05, 3.63) is 39.4 Å². The molecule has 2 unspecified atom stereocenters. The van der Waals surface area contributed by atoms with Crippen molar-refractivity contribution in [2.45, 2.75) is 32.7 Å². The lowest BCUT2D eigenvalue weighted by atomic mass is 9.92. The first-order valence-corrected chi connectivity index (χ1v) is 9.48. The summed E-state index contributed by atoms with van der Waals surface area (Å²) in [4.78, 5) is 51.7. The second-order valence-electron chi connectivity index (χ2n) is 7.74. The highest BCUT2D eigenvalue weighted by molar-refractivity contribution is 6.30. The first kappa shape index (κ1) is 20.5. The van der Waals surface area contributed by atoms with E-state index in [1.807, 2.05) is 0 Å². The number of rotatable bonds is 3. The van der Waals surface area contributed by atoms with Crippen LogP contribution in [0.1, 0.15) is 32.3 Å². The van der Waals surface area contributed by atoms with Gasteiger partial charge in [-0.3, -0.25) is 29.5 Å². The maximum atomic E-state index is 12.6. The van der Waals surface area contributed by atoms with Crippen molar-refractivity contribution < 1.29 is 19.3 Å². The van der Waals surface area contributed by atoms with E-state index in [1.165, 1.54) is 32.3 Å². The highest BCUT2D eigenvalue weighted by Gasteiger charge is 2.38. The molecular formula is C20H24N4O5. The number of anilines is 1. The fourth-order valence-electron chi connectivity index (χ4n) is 3.93. The van der Waals surface area contributed by atoms with Gasteiger partial charge in [0.1, 0.15) is 5.57 Å². The van der Waals surface area contributed by atoms with Crippen LogP contribution in [0, 0.1) is 16.0 Å². The van der Waals surface area contributed by atoms with E-state index < -0.39 is 22.8 Å². The summed E-state index contributed by atoms with van der Waals surface area (Å²) in [6, 6.07) is 3.95. The number of urea groups is 1. The second-order valence-corrected chi connectivity index (χ2v) is 7.74. The van der Waals surface area contributed by atoms with Gasteiger partial charge in [0.25, 0.3) is 17.5 Å². The molecule has 3 rings (SSSR count). The molecule has 0 saturated carbocycles. The Kier molecular flexibility index (Phi) is 5.41. The van der Waals surface area contributed by atoms with E-state index in [-0.39, 0.29) is 17.3 Å². The minimum absolute atomic E-state index is 0.132. The number of carbonyl (C=O) groups excluding carboxylic acids is 3. The van der Waals surface area contributed by atoms with E-state index in [1.54, 1.807) is 6.07 Å². The lowest BCUT2D eigenvalue weighted by molar-refractivity contribution is -0.384. The normalized spacial score (nSPS) is 23.0. The molecule has 2 atom stereocenters. The highest BCUT2D eigenvalue weighted by Crippen LogP contribution is 2.34. The van der Waals surface area contributed by atoms with Gasteiger partial charge in [-0.1, -0.05) is 6.92 Å². The Bertz CT molecular complexity index is 899. The van der Waals surface area contributed by atoms with E-state index in [0.29, 0.717) is 11.5 Å². The molecule has 2 aliphatic heterocycles. The molecule has 154 valence electrons. The number of nitro groups is 1. The Morgan fingerprint density at radius 3 is 2.28 bits per heavy atom. The predicted molar refractivity (Wildman–Crippen MR) is 107 cm³/mol. The number of hydrogen-bond donors (Lipinski definition) is 0. The minimum Gasteiger partial charge on any atom is -0.368 e. The van der Waals surface area contributed by atoms with Crippen LogP contribution in [-0.4, -0.2) is 59.3 Å². The minimum atomic E-state index is -0.726. The lowest BCUT2D eigenvalue weighted by Crippen LogP contribution is -2.52. The molecule has 0 aliphatic carbocycles. The number of likely N-dealkylation sites (N-methyl/N-ethyl adjacent to an activating group) is 2. The van der Waals surface area contributed by atoms with Crippen molar-refractivity contribution in [3.63, 3.8) is 0 Å². The van der Waals surface area contributed by atoms with Crippen LogP contribution in [0.25, 0.3) is 6.08 Å². The van der Waals surface area contributed by atoms with Gasteiger partial charge in [0.2, 0.25) is 0 Å². The molecule has 1 aromatic carbocycles. The lowest BCUT2D eigenvalue weighted by Gasteiger charge is -2.39. The maximum Gasteiger partial charge on any atom is 0.333 e. The van der Waals surface area contributed by atoms with Crippen molar-refractivity contribution in [1.82, 2.24) is 9.80 Å². The summed E-state index contributed by atoms with van der Waals surface area (Å²) in [7, 11) is 2.59. The molecule has 9 heteroatoms. The van der Waals surface area contributed by atoms with Crippen molar-refractivity contribution in [1.29, 1.82) is 0 Å². The van der Waals surface area contributed by atoms with Crippen LogP contribution in [0.2, 0.25) is 0 Å². The molecule has 0 radical (unpaired) electrons. The first-order valence-electron chi connectivity index (χ1n) is 9.48. The highest BCUT2D eigenvalue weighted by atomic mass is 16.6. The number of amides is 4. The van der Waals surface area contributed by atoms with Gasteiger partial charge in [-0.2, -0.15) is 0 Å². The topological polar surface area (TPSA) is 104 Å². The monoisotopic (exact) mass is 400 g/mol. The van der Waals surface area contributed by atoms with Crippen molar-refractivity contribution in [2.24, 2.45) is 5.92 Å². The third kappa shape index (κ3) is 3.72. The van der Waals surface area contributed by atoms with E-state index >= 15 is 0 Å². The molecule has 2 heterocycles. The summed E-state index contributed by atoms with van der Waals surface area (Å²) >= 11 is 0. The zero-order valence-electron chi connectivity index (χ0n) is 16.9. The summed E-state index contributed by atoms with van der Waals surface area (Å²) < 4.78 is 0. The Balaban J connectivity index is 2.11. The van der Waals surface area contributed by atoms with Crippen molar-refractivity contribution in [3.8, 4) is 0 Å². The number of benzene rings is 1. The Morgan fingerprint density at radius 2 is 1.72 bits per heavy atom. The molecule has 0 spiro atoms. The zero-order chi connectivity index (χ0) is 21.5. The second kappa shape index (κ2) is 7.65. The summed E-state index contributed by atoms with van der Waals surface area (Å²) in [6.07, 6.45) is 3.32. The van der Waals surface area contributed by atoms with Gasteiger partial charge in [-0.15, -0.1) is 0 Å². The number of carbonyl (C=O) groups is 3. The molecule has 2 fully saturated rings. The Labute approximate surface area is 168 Å². The van der Waals surface area contributed by atoms with Crippen LogP contribution in [0.5, 0.6) is 0 Å². The number of nitrogens with zero attached hydrogens (tertiary/aromatic N) is 4. The Hall–Kier alpha value is -3.23. The van der Waals surface area contributed by atoms with Crippen molar-refractivity contribution >= 4 is 35.3 Å². The molecule has 2 aliphatic rings. The van der Waals surface area contributed by atoms with E-state index in [0.717, 1.165) is 34.9 Å². The molecule has 4 amide bonds. The third-order valence-electron chi connectivity index (χ3n) is 5.61. The van der Waals surface area contributed by atoms with Gasteiger partial charge in [0.15, 0.2) is 0 Å². The fourth-order valence-corrected chi connectivity index (χ4v) is 3.93. The molecule has 29 heavy (non-hydrogen) atoms. The van der Waals surface area contributed by atoms with Crippen LogP contribution in [-0.2, 0) is 9.59 Å². The van der Waals surface area contributed by atoms with E-state index in [9.17, 15) is 24.5 Å². The standard InChI is InChI=1S/C20H24N4O5/c1-12-7-8-23(13(2)9-12)17-6-5-15(24(28)29)10-14(17)11-16-18(25)21(3)20(27)22(4)19(16)26/h5-6,10-13H,7-9H2,1-4H3. The third-order valence-corrected chi connectivity index (χ3v) is 5.61. The van der Waals surface area contributed by atoms with Crippen molar-refractivity contribution in [2.75, 3.05) is 25.5 Å². The largest absolute Gasteiger partial charge is 0.368 e. The number of barbiturate groups is 1. The smallest absolute Gasteiger partial charge is 0.333 e. The first-order chi connectivity index (χ1) is 13.6. The number of non-ortho nitro benzene ring substituents is 1. The van der Waals surface area contributed by atoms with Crippen LogP contribution >= 0.6 is 0 Å². The fraction of sp³-hybridized carbons (Fsp3) is 0.450. The zero-order valence-corrected chi connectivity index (χ0v) is 16.9.